The smallest absolute Gasteiger partial charge is 0.281 e. The Labute approximate surface area is 66.9 Å². The summed E-state index contributed by atoms with van der Waals surface area (Å²) in [7, 11) is 0. The number of aromatic nitrogens is 2. The van der Waals surface area contributed by atoms with E-state index in [0.29, 0.717) is 10.9 Å². The predicted octanol–water partition coefficient (Wildman–Crippen LogP) is 0.275. The van der Waals surface area contributed by atoms with Crippen LogP contribution in [0.25, 0.3) is 10.3 Å². The average molecular weight is 167 g/mol. The molecular formula is C6H7N4S+. The van der Waals surface area contributed by atoms with Gasteiger partial charge in [-0.2, -0.15) is 0 Å². The van der Waals surface area contributed by atoms with Crippen molar-refractivity contribution in [3.8, 4) is 0 Å². The summed E-state index contributed by atoms with van der Waals surface area (Å²) in [6, 6.07) is 3.65. The van der Waals surface area contributed by atoms with Crippen molar-refractivity contribution in [2.45, 2.75) is 0 Å². The minimum absolute atomic E-state index is 0.506. The summed E-state index contributed by atoms with van der Waals surface area (Å²) in [4.78, 5) is 6.95. The fourth-order valence-electron chi connectivity index (χ4n) is 0.894. The molecule has 0 atom stereocenters. The molecule has 0 fully saturated rings. The van der Waals surface area contributed by atoms with E-state index in [1.54, 1.807) is 6.07 Å². The van der Waals surface area contributed by atoms with Crippen LogP contribution in [0, 0.1) is 0 Å². The van der Waals surface area contributed by atoms with E-state index in [2.05, 4.69) is 9.97 Å². The highest BCUT2D eigenvalue weighted by molar-refractivity contribution is 7.21. The molecule has 0 bridgehead atoms. The number of fused-ring (bicyclic) bond motifs is 1. The first-order valence-electron chi connectivity index (χ1n) is 3.09. The molecule has 56 valence electrons. The second kappa shape index (κ2) is 2.06. The number of hydrogen-bond acceptors (Lipinski definition) is 4. The van der Waals surface area contributed by atoms with Gasteiger partial charge >= 0.3 is 0 Å². The molecular weight excluding hydrogens is 160 g/mol. The number of nitrogen functional groups attached to an aromatic ring is 2. The summed E-state index contributed by atoms with van der Waals surface area (Å²) in [6.07, 6.45) is 0. The van der Waals surface area contributed by atoms with E-state index in [-0.39, 0.29) is 0 Å². The van der Waals surface area contributed by atoms with E-state index in [0.717, 1.165) is 10.3 Å². The van der Waals surface area contributed by atoms with Crippen molar-refractivity contribution >= 4 is 32.6 Å². The van der Waals surface area contributed by atoms with Gasteiger partial charge in [-0.15, -0.1) is 0 Å². The lowest BCUT2D eigenvalue weighted by Crippen LogP contribution is -2.05. The number of aromatic amines is 1. The number of nitrogens with one attached hydrogen (secondary N) is 1. The zero-order valence-electron chi connectivity index (χ0n) is 5.66. The summed E-state index contributed by atoms with van der Waals surface area (Å²) >= 11 is 1.46. The van der Waals surface area contributed by atoms with Gasteiger partial charge in [0.1, 0.15) is 4.70 Å². The van der Waals surface area contributed by atoms with E-state index in [4.69, 9.17) is 11.5 Å². The Morgan fingerprint density at radius 2 is 2.18 bits per heavy atom. The fraction of sp³-hybridized carbons (Fsp3) is 0. The van der Waals surface area contributed by atoms with Gasteiger partial charge in [0.05, 0.1) is 0 Å². The number of H-pyrrole nitrogens is 1. The number of pyridine rings is 1. The van der Waals surface area contributed by atoms with Crippen LogP contribution in [0.5, 0.6) is 0 Å². The maximum Gasteiger partial charge on any atom is 0.281 e. The summed E-state index contributed by atoms with van der Waals surface area (Å²) in [5.41, 5.74) is 11.7. The quantitative estimate of drug-likeness (QED) is 0.591. The van der Waals surface area contributed by atoms with Gasteiger partial charge in [-0.3, -0.25) is 0 Å². The summed E-state index contributed by atoms with van der Waals surface area (Å²) in [5, 5.41) is 0.651. The number of hydrogen-bond donors (Lipinski definition) is 2. The van der Waals surface area contributed by atoms with Crippen molar-refractivity contribution < 1.29 is 4.98 Å². The van der Waals surface area contributed by atoms with Crippen molar-refractivity contribution in [1.29, 1.82) is 0 Å². The molecule has 0 radical (unpaired) electrons. The van der Waals surface area contributed by atoms with Gasteiger partial charge in [-0.25, -0.2) is 4.98 Å². The van der Waals surface area contributed by atoms with E-state index in [9.17, 15) is 0 Å². The molecule has 0 aliphatic carbocycles. The molecule has 2 rings (SSSR count). The minimum atomic E-state index is 0.506. The van der Waals surface area contributed by atoms with Crippen LogP contribution >= 0.6 is 11.3 Å². The molecule has 2 heterocycles. The molecule has 0 amide bonds. The molecule has 4 nitrogen and oxygen atoms in total. The van der Waals surface area contributed by atoms with Gasteiger partial charge < -0.3 is 11.5 Å². The molecule has 0 spiro atoms. The topological polar surface area (TPSA) is 79.1 Å². The van der Waals surface area contributed by atoms with Crippen LogP contribution in [0.3, 0.4) is 0 Å². The maximum atomic E-state index is 5.52. The van der Waals surface area contributed by atoms with Crippen molar-refractivity contribution in [1.82, 2.24) is 4.98 Å². The number of thiazole rings is 1. The van der Waals surface area contributed by atoms with Gasteiger partial charge in [0.2, 0.25) is 5.82 Å². The lowest BCUT2D eigenvalue weighted by molar-refractivity contribution is -0.323. The highest BCUT2D eigenvalue weighted by atomic mass is 32.1. The molecule has 5 N–H and O–H groups in total. The molecule has 11 heavy (non-hydrogen) atoms. The number of nitrogens with two attached hydrogens (primary N) is 2. The summed E-state index contributed by atoms with van der Waals surface area (Å²) in [6.45, 7) is 0. The summed E-state index contributed by atoms with van der Waals surface area (Å²) in [5.74, 6) is 0.506. The number of rotatable bonds is 0. The first kappa shape index (κ1) is 6.36. The third kappa shape index (κ3) is 0.988. The zero-order valence-corrected chi connectivity index (χ0v) is 6.48. The van der Waals surface area contributed by atoms with Crippen LogP contribution in [0.4, 0.5) is 10.9 Å². The molecule has 5 heteroatoms. The molecule has 2 aromatic rings. The van der Waals surface area contributed by atoms with E-state index < -0.39 is 0 Å². The van der Waals surface area contributed by atoms with Crippen LogP contribution in [0.1, 0.15) is 0 Å². The van der Waals surface area contributed by atoms with Crippen LogP contribution in [0.15, 0.2) is 12.1 Å². The van der Waals surface area contributed by atoms with Gasteiger partial charge in [0.15, 0.2) is 0 Å². The van der Waals surface area contributed by atoms with Gasteiger partial charge in [-0.05, 0) is 12.1 Å². The van der Waals surface area contributed by atoms with Gasteiger partial charge in [0.25, 0.3) is 10.8 Å². The van der Waals surface area contributed by atoms with Crippen molar-refractivity contribution in [3.05, 3.63) is 12.1 Å². The average Bonchev–Trinajstić information content (AvgIpc) is 2.27. The molecule has 0 aromatic carbocycles. The number of nitrogens with zero attached hydrogens (tertiary/aromatic N) is 1. The first-order valence-corrected chi connectivity index (χ1v) is 3.91. The largest absolute Gasteiger partial charge is 0.370 e. The number of anilines is 2. The monoisotopic (exact) mass is 167 g/mol. The van der Waals surface area contributed by atoms with Crippen LogP contribution < -0.4 is 16.5 Å². The second-order valence-corrected chi connectivity index (χ2v) is 3.26. The van der Waals surface area contributed by atoms with Gasteiger partial charge in [0, 0.05) is 0 Å². The lowest BCUT2D eigenvalue weighted by Gasteiger charge is -1.82. The van der Waals surface area contributed by atoms with Crippen molar-refractivity contribution in [2.75, 3.05) is 11.5 Å². The van der Waals surface area contributed by atoms with Gasteiger partial charge in [-0.1, -0.05) is 16.3 Å². The Morgan fingerprint density at radius 3 is 3.00 bits per heavy atom. The Hall–Kier alpha value is -1.36. The fourth-order valence-corrected chi connectivity index (χ4v) is 1.61. The molecule has 2 aromatic heterocycles. The standard InChI is InChI=1S/C6H6N4S/c7-4-2-1-3-5(9-4)10-6(8)11-3/h1-2H,(H4,7,8,9,10)/p+1. The third-order valence-corrected chi connectivity index (χ3v) is 2.21. The predicted molar refractivity (Wildman–Crippen MR) is 45.0 cm³/mol. The molecule has 0 unspecified atom stereocenters. The zero-order chi connectivity index (χ0) is 7.84. The minimum Gasteiger partial charge on any atom is -0.370 e. The highest BCUT2D eigenvalue weighted by Crippen LogP contribution is 2.18. The Kier molecular flexibility index (Phi) is 1.19. The van der Waals surface area contributed by atoms with Crippen molar-refractivity contribution in [2.24, 2.45) is 0 Å². The van der Waals surface area contributed by atoms with Crippen LogP contribution in [0.2, 0.25) is 0 Å². The van der Waals surface area contributed by atoms with E-state index in [1.165, 1.54) is 11.3 Å². The Bertz CT molecular complexity index is 394. The SMILES string of the molecule is Nc1ccc2sc(N)[nH+]c2n1. The van der Waals surface area contributed by atoms with Crippen molar-refractivity contribution in [3.63, 3.8) is 0 Å². The molecule has 0 saturated carbocycles. The normalized spacial score (nSPS) is 10.5. The lowest BCUT2D eigenvalue weighted by atomic mass is 10.4. The maximum absolute atomic E-state index is 5.52. The highest BCUT2D eigenvalue weighted by Gasteiger charge is 2.06. The summed E-state index contributed by atoms with van der Waals surface area (Å²) < 4.78 is 1.02. The van der Waals surface area contributed by atoms with Crippen LogP contribution in [-0.4, -0.2) is 4.98 Å². The molecule has 0 aliphatic heterocycles. The Morgan fingerprint density at radius 1 is 1.36 bits per heavy atom. The molecule has 0 saturated heterocycles. The Balaban J connectivity index is 2.82. The van der Waals surface area contributed by atoms with E-state index >= 15 is 0 Å². The molecule has 0 aliphatic rings. The van der Waals surface area contributed by atoms with Crippen LogP contribution in [-0.2, 0) is 0 Å². The third-order valence-electron chi connectivity index (χ3n) is 1.34. The second-order valence-electron chi connectivity index (χ2n) is 2.17. The van der Waals surface area contributed by atoms with E-state index in [1.807, 2.05) is 6.07 Å². The first-order chi connectivity index (χ1) is 5.25.